The van der Waals surface area contributed by atoms with Gasteiger partial charge in [0.05, 0.1) is 0 Å². The van der Waals surface area contributed by atoms with Crippen LogP contribution in [0.1, 0.15) is 68.1 Å². The van der Waals surface area contributed by atoms with Crippen LogP contribution in [0.25, 0.3) is 0 Å². The second-order valence-electron chi connectivity index (χ2n) is 11.0. The fraction of sp³-hybridized carbons (Fsp3) is 0.500. The van der Waals surface area contributed by atoms with Gasteiger partial charge in [0.25, 0.3) is 0 Å². The molecular weight excluding hydrogens is 474 g/mol. The standard InChI is InChI=1S/C36H53N3/c1-4-17-33(18-5-1)23-10-13-27-37-30-16-26-36(31-38-28-14-11-24-34-19-6-2-7-20-34)32-39-29-15-12-25-35-21-8-3-9-22-35/h1-9,17-22,36-39H,10-16,23-32H2. The maximum atomic E-state index is 3.77. The number of aryl methyl sites for hydroxylation is 3. The van der Waals surface area contributed by atoms with Crippen LogP contribution in [-0.4, -0.2) is 39.3 Å². The summed E-state index contributed by atoms with van der Waals surface area (Å²) in [6.45, 7) is 6.77. The third-order valence-electron chi connectivity index (χ3n) is 7.57. The first-order chi connectivity index (χ1) is 19.4. The van der Waals surface area contributed by atoms with E-state index in [-0.39, 0.29) is 0 Å². The Kier molecular flexibility index (Phi) is 17.0. The molecule has 3 nitrogen and oxygen atoms in total. The van der Waals surface area contributed by atoms with E-state index >= 15 is 0 Å². The van der Waals surface area contributed by atoms with Gasteiger partial charge in [0.15, 0.2) is 0 Å². The van der Waals surface area contributed by atoms with Crippen LogP contribution >= 0.6 is 0 Å². The van der Waals surface area contributed by atoms with Gasteiger partial charge < -0.3 is 16.0 Å². The Hall–Kier alpha value is -2.46. The maximum Gasteiger partial charge on any atom is -0.000837 e. The molecule has 0 unspecified atom stereocenters. The Morgan fingerprint density at radius 2 is 0.744 bits per heavy atom. The predicted octanol–water partition coefficient (Wildman–Crippen LogP) is 7.22. The molecule has 0 saturated carbocycles. The van der Waals surface area contributed by atoms with Gasteiger partial charge in [0.2, 0.25) is 0 Å². The molecule has 0 spiro atoms. The molecule has 39 heavy (non-hydrogen) atoms. The molecule has 3 aromatic carbocycles. The van der Waals surface area contributed by atoms with Crippen molar-refractivity contribution in [3.63, 3.8) is 0 Å². The molecule has 0 amide bonds. The van der Waals surface area contributed by atoms with E-state index in [2.05, 4.69) is 107 Å². The third kappa shape index (κ3) is 15.7. The Balaban J connectivity index is 1.24. The van der Waals surface area contributed by atoms with Crippen LogP contribution in [-0.2, 0) is 19.3 Å². The summed E-state index contributed by atoms with van der Waals surface area (Å²) < 4.78 is 0. The lowest BCUT2D eigenvalue weighted by Gasteiger charge is -2.19. The number of hydrogen-bond acceptors (Lipinski definition) is 3. The largest absolute Gasteiger partial charge is 0.317 e. The Morgan fingerprint density at radius 1 is 0.385 bits per heavy atom. The van der Waals surface area contributed by atoms with Gasteiger partial charge in [0.1, 0.15) is 0 Å². The second-order valence-corrected chi connectivity index (χ2v) is 11.0. The summed E-state index contributed by atoms with van der Waals surface area (Å²) in [7, 11) is 0. The molecule has 0 aliphatic heterocycles. The molecular formula is C36H53N3. The van der Waals surface area contributed by atoms with Crippen LogP contribution in [0.5, 0.6) is 0 Å². The van der Waals surface area contributed by atoms with Crippen LogP contribution in [0.4, 0.5) is 0 Å². The Labute approximate surface area is 239 Å². The van der Waals surface area contributed by atoms with Crippen molar-refractivity contribution >= 4 is 0 Å². The number of benzene rings is 3. The zero-order chi connectivity index (χ0) is 27.1. The maximum absolute atomic E-state index is 3.77. The van der Waals surface area contributed by atoms with Crippen molar-refractivity contribution in [2.24, 2.45) is 5.92 Å². The molecule has 3 heteroatoms. The normalized spacial score (nSPS) is 11.3. The minimum Gasteiger partial charge on any atom is -0.317 e. The van der Waals surface area contributed by atoms with Crippen molar-refractivity contribution in [2.45, 2.75) is 70.6 Å². The third-order valence-corrected chi connectivity index (χ3v) is 7.57. The topological polar surface area (TPSA) is 36.1 Å². The van der Waals surface area contributed by atoms with E-state index in [1.165, 1.54) is 87.3 Å². The number of hydrogen-bond donors (Lipinski definition) is 3. The first-order valence-corrected chi connectivity index (χ1v) is 15.6. The number of nitrogens with one attached hydrogen (secondary N) is 3. The van der Waals surface area contributed by atoms with E-state index in [0.29, 0.717) is 5.92 Å². The van der Waals surface area contributed by atoms with Gasteiger partial charge in [-0.3, -0.25) is 0 Å². The first kappa shape index (κ1) is 31.1. The molecule has 0 saturated heterocycles. The highest BCUT2D eigenvalue weighted by atomic mass is 14.9. The Morgan fingerprint density at radius 3 is 1.15 bits per heavy atom. The van der Waals surface area contributed by atoms with Crippen molar-refractivity contribution in [3.8, 4) is 0 Å². The highest BCUT2D eigenvalue weighted by Crippen LogP contribution is 2.08. The lowest BCUT2D eigenvalue weighted by molar-refractivity contribution is 0.398. The van der Waals surface area contributed by atoms with Gasteiger partial charge in [-0.15, -0.1) is 0 Å². The summed E-state index contributed by atoms with van der Waals surface area (Å²) in [6.07, 6.45) is 13.7. The minimum atomic E-state index is 0.702. The highest BCUT2D eigenvalue weighted by molar-refractivity contribution is 5.16. The lowest BCUT2D eigenvalue weighted by atomic mass is 10.0. The van der Waals surface area contributed by atoms with Crippen molar-refractivity contribution in [3.05, 3.63) is 108 Å². The smallest absolute Gasteiger partial charge is 0.000837 e. The van der Waals surface area contributed by atoms with Gasteiger partial charge in [-0.05, 0) is 133 Å². The van der Waals surface area contributed by atoms with E-state index < -0.39 is 0 Å². The molecule has 212 valence electrons. The van der Waals surface area contributed by atoms with Gasteiger partial charge in [0, 0.05) is 0 Å². The fourth-order valence-corrected chi connectivity index (χ4v) is 5.20. The minimum absolute atomic E-state index is 0.702. The van der Waals surface area contributed by atoms with Crippen LogP contribution < -0.4 is 16.0 Å². The molecule has 0 aliphatic carbocycles. The highest BCUT2D eigenvalue weighted by Gasteiger charge is 2.08. The summed E-state index contributed by atoms with van der Waals surface area (Å²) >= 11 is 0. The zero-order valence-electron chi connectivity index (χ0n) is 24.3. The summed E-state index contributed by atoms with van der Waals surface area (Å²) in [6, 6.07) is 32.6. The molecule has 0 heterocycles. The lowest BCUT2D eigenvalue weighted by Crippen LogP contribution is -2.33. The summed E-state index contributed by atoms with van der Waals surface area (Å²) in [5.74, 6) is 0.702. The van der Waals surface area contributed by atoms with Crippen molar-refractivity contribution in [1.82, 2.24) is 16.0 Å². The van der Waals surface area contributed by atoms with Crippen molar-refractivity contribution in [1.29, 1.82) is 0 Å². The van der Waals surface area contributed by atoms with Crippen molar-refractivity contribution in [2.75, 3.05) is 39.3 Å². The molecule has 3 N–H and O–H groups in total. The average Bonchev–Trinajstić information content (AvgIpc) is 2.99. The SMILES string of the molecule is c1ccc(CCCCNCCCC(CNCCCCc2ccccc2)CNCCCCc2ccccc2)cc1. The molecule has 0 fully saturated rings. The van der Waals surface area contributed by atoms with Gasteiger partial charge in [-0.1, -0.05) is 91.0 Å². The molecule has 0 bridgehead atoms. The summed E-state index contributed by atoms with van der Waals surface area (Å²) in [4.78, 5) is 0. The summed E-state index contributed by atoms with van der Waals surface area (Å²) in [5.41, 5.74) is 4.37. The molecule has 0 aromatic heterocycles. The van der Waals surface area contributed by atoms with E-state index in [1.807, 2.05) is 0 Å². The van der Waals surface area contributed by atoms with Crippen LogP contribution in [0.3, 0.4) is 0 Å². The predicted molar refractivity (Wildman–Crippen MR) is 169 cm³/mol. The molecule has 0 atom stereocenters. The molecule has 0 radical (unpaired) electrons. The quantitative estimate of drug-likeness (QED) is 0.114. The Bertz CT molecular complexity index is 878. The monoisotopic (exact) mass is 527 g/mol. The number of rotatable bonds is 23. The van der Waals surface area contributed by atoms with E-state index in [4.69, 9.17) is 0 Å². The van der Waals surface area contributed by atoms with Gasteiger partial charge in [-0.25, -0.2) is 0 Å². The zero-order valence-corrected chi connectivity index (χ0v) is 24.3. The van der Waals surface area contributed by atoms with Gasteiger partial charge in [-0.2, -0.15) is 0 Å². The second kappa shape index (κ2) is 21.4. The molecule has 3 rings (SSSR count). The van der Waals surface area contributed by atoms with Crippen LogP contribution in [0.2, 0.25) is 0 Å². The number of unbranched alkanes of at least 4 members (excludes halogenated alkanes) is 3. The van der Waals surface area contributed by atoms with Crippen LogP contribution in [0, 0.1) is 5.92 Å². The van der Waals surface area contributed by atoms with Crippen LogP contribution in [0.15, 0.2) is 91.0 Å². The fourth-order valence-electron chi connectivity index (χ4n) is 5.20. The van der Waals surface area contributed by atoms with E-state index in [1.54, 1.807) is 0 Å². The molecule has 0 aliphatic rings. The summed E-state index contributed by atoms with van der Waals surface area (Å²) in [5, 5.41) is 11.2. The molecule has 3 aromatic rings. The van der Waals surface area contributed by atoms with E-state index in [0.717, 1.165) is 39.3 Å². The first-order valence-electron chi connectivity index (χ1n) is 15.6. The van der Waals surface area contributed by atoms with E-state index in [9.17, 15) is 0 Å². The van der Waals surface area contributed by atoms with Crippen molar-refractivity contribution < 1.29 is 0 Å². The average molecular weight is 528 g/mol. The van der Waals surface area contributed by atoms with Gasteiger partial charge >= 0.3 is 0 Å².